The maximum Gasteiger partial charge on any atom is 0.317 e. The number of non-ortho nitro benzene ring substituents is 1. The molecule has 2 aliphatic heterocycles. The van der Waals surface area contributed by atoms with Gasteiger partial charge in [0.2, 0.25) is 0 Å². The number of nitrogens with zero attached hydrogens (tertiary/aromatic N) is 3. The van der Waals surface area contributed by atoms with E-state index in [0.717, 1.165) is 57.8 Å². The standard InChI is InChI=1S/C16H23N5O3/c22-16(20-11-7-17-8-12-20)18-13-5-9-19(10-6-13)14-1-3-15(4-2-14)21(23)24/h1-4,13,17H,5-12H2,(H,18,22). The van der Waals surface area contributed by atoms with E-state index < -0.39 is 0 Å². The Balaban J connectivity index is 1.48. The van der Waals surface area contributed by atoms with E-state index in [1.54, 1.807) is 12.1 Å². The van der Waals surface area contributed by atoms with Crippen LogP contribution < -0.4 is 15.5 Å². The van der Waals surface area contributed by atoms with E-state index in [4.69, 9.17) is 0 Å². The molecular formula is C16H23N5O3. The Hall–Kier alpha value is -2.35. The smallest absolute Gasteiger partial charge is 0.317 e. The molecule has 2 N–H and O–H groups in total. The molecule has 0 atom stereocenters. The van der Waals surface area contributed by atoms with Crippen molar-refractivity contribution in [2.24, 2.45) is 0 Å². The first-order valence-electron chi connectivity index (χ1n) is 8.39. The lowest BCUT2D eigenvalue weighted by Crippen LogP contribution is -2.54. The number of nitro benzene ring substituents is 1. The van der Waals surface area contributed by atoms with Gasteiger partial charge in [-0.25, -0.2) is 4.79 Å². The molecule has 8 nitrogen and oxygen atoms in total. The Morgan fingerprint density at radius 3 is 2.33 bits per heavy atom. The van der Waals surface area contributed by atoms with Gasteiger partial charge in [0.15, 0.2) is 0 Å². The average molecular weight is 333 g/mol. The Bertz CT molecular complexity index is 578. The molecule has 2 heterocycles. The van der Waals surface area contributed by atoms with E-state index in [2.05, 4.69) is 15.5 Å². The minimum atomic E-state index is -0.387. The first-order valence-corrected chi connectivity index (χ1v) is 8.39. The fraction of sp³-hybridized carbons (Fsp3) is 0.562. The van der Waals surface area contributed by atoms with Crippen LogP contribution in [-0.4, -0.2) is 61.2 Å². The molecule has 3 rings (SSSR count). The molecule has 130 valence electrons. The second-order valence-electron chi connectivity index (χ2n) is 6.22. The molecule has 0 aromatic heterocycles. The van der Waals surface area contributed by atoms with E-state index >= 15 is 0 Å². The highest BCUT2D eigenvalue weighted by atomic mass is 16.6. The van der Waals surface area contributed by atoms with Crippen molar-refractivity contribution in [3.8, 4) is 0 Å². The SMILES string of the molecule is O=C(NC1CCN(c2ccc([N+](=O)[O-])cc2)CC1)N1CCNCC1. The van der Waals surface area contributed by atoms with Crippen LogP contribution in [0.2, 0.25) is 0 Å². The number of urea groups is 1. The average Bonchev–Trinajstić information content (AvgIpc) is 2.63. The molecule has 0 saturated carbocycles. The van der Waals surface area contributed by atoms with Crippen LogP contribution in [0.1, 0.15) is 12.8 Å². The molecule has 2 fully saturated rings. The number of piperazine rings is 1. The van der Waals surface area contributed by atoms with Crippen LogP contribution in [0.5, 0.6) is 0 Å². The zero-order valence-electron chi connectivity index (χ0n) is 13.6. The van der Waals surface area contributed by atoms with Crippen LogP contribution in [0.4, 0.5) is 16.2 Å². The number of rotatable bonds is 3. The predicted molar refractivity (Wildman–Crippen MR) is 91.3 cm³/mol. The lowest BCUT2D eigenvalue weighted by Gasteiger charge is -2.35. The van der Waals surface area contributed by atoms with Crippen molar-refractivity contribution in [1.29, 1.82) is 0 Å². The van der Waals surface area contributed by atoms with Gasteiger partial charge < -0.3 is 20.4 Å². The highest BCUT2D eigenvalue weighted by molar-refractivity contribution is 5.74. The molecule has 1 aromatic rings. The van der Waals surface area contributed by atoms with Gasteiger partial charge in [-0.1, -0.05) is 0 Å². The highest BCUT2D eigenvalue weighted by Gasteiger charge is 2.24. The summed E-state index contributed by atoms with van der Waals surface area (Å²) in [5.74, 6) is 0. The third-order valence-electron chi connectivity index (χ3n) is 4.65. The molecular weight excluding hydrogens is 310 g/mol. The van der Waals surface area contributed by atoms with Gasteiger partial charge in [0, 0.05) is 63.1 Å². The monoisotopic (exact) mass is 333 g/mol. The number of amides is 2. The normalized spacial score (nSPS) is 19.2. The van der Waals surface area contributed by atoms with E-state index in [9.17, 15) is 14.9 Å². The van der Waals surface area contributed by atoms with Crippen molar-refractivity contribution in [3.63, 3.8) is 0 Å². The van der Waals surface area contributed by atoms with E-state index in [1.165, 1.54) is 12.1 Å². The van der Waals surface area contributed by atoms with Crippen LogP contribution in [-0.2, 0) is 0 Å². The fourth-order valence-corrected chi connectivity index (χ4v) is 3.20. The van der Waals surface area contributed by atoms with Crippen molar-refractivity contribution in [2.75, 3.05) is 44.2 Å². The van der Waals surface area contributed by atoms with Crippen molar-refractivity contribution >= 4 is 17.4 Å². The first-order chi connectivity index (χ1) is 11.6. The number of anilines is 1. The number of piperidine rings is 1. The molecule has 0 spiro atoms. The van der Waals surface area contributed by atoms with Crippen molar-refractivity contribution < 1.29 is 9.72 Å². The summed E-state index contributed by atoms with van der Waals surface area (Å²) in [6.07, 6.45) is 1.77. The topological polar surface area (TPSA) is 90.8 Å². The van der Waals surface area contributed by atoms with Gasteiger partial charge in [-0.15, -0.1) is 0 Å². The van der Waals surface area contributed by atoms with Crippen LogP contribution >= 0.6 is 0 Å². The zero-order chi connectivity index (χ0) is 16.9. The number of nitrogens with one attached hydrogen (secondary N) is 2. The van der Waals surface area contributed by atoms with Crippen LogP contribution in [0.3, 0.4) is 0 Å². The van der Waals surface area contributed by atoms with Crippen molar-refractivity contribution in [3.05, 3.63) is 34.4 Å². The molecule has 2 saturated heterocycles. The van der Waals surface area contributed by atoms with Gasteiger partial charge in [-0.2, -0.15) is 0 Å². The zero-order valence-corrected chi connectivity index (χ0v) is 13.6. The number of hydrogen-bond acceptors (Lipinski definition) is 5. The summed E-state index contributed by atoms with van der Waals surface area (Å²) >= 11 is 0. The summed E-state index contributed by atoms with van der Waals surface area (Å²) in [7, 11) is 0. The van der Waals surface area contributed by atoms with Crippen molar-refractivity contribution in [2.45, 2.75) is 18.9 Å². The largest absolute Gasteiger partial charge is 0.371 e. The minimum absolute atomic E-state index is 0.0327. The molecule has 0 radical (unpaired) electrons. The molecule has 1 aromatic carbocycles. The van der Waals surface area contributed by atoms with Crippen LogP contribution in [0, 0.1) is 10.1 Å². The van der Waals surface area contributed by atoms with Gasteiger partial charge in [0.25, 0.3) is 5.69 Å². The van der Waals surface area contributed by atoms with Crippen molar-refractivity contribution in [1.82, 2.24) is 15.5 Å². The van der Waals surface area contributed by atoms with Crippen LogP contribution in [0.15, 0.2) is 24.3 Å². The Morgan fingerprint density at radius 2 is 1.75 bits per heavy atom. The molecule has 2 amide bonds. The third-order valence-corrected chi connectivity index (χ3v) is 4.65. The Kier molecular flexibility index (Phi) is 5.14. The quantitative estimate of drug-likeness (QED) is 0.640. The second-order valence-corrected chi connectivity index (χ2v) is 6.22. The summed E-state index contributed by atoms with van der Waals surface area (Å²) < 4.78 is 0. The minimum Gasteiger partial charge on any atom is -0.371 e. The molecule has 0 unspecified atom stereocenters. The molecule has 0 bridgehead atoms. The van der Waals surface area contributed by atoms with E-state index in [1.807, 2.05) is 4.90 Å². The van der Waals surface area contributed by atoms with Gasteiger partial charge in [0.1, 0.15) is 0 Å². The molecule has 8 heteroatoms. The predicted octanol–water partition coefficient (Wildman–Crippen LogP) is 1.18. The highest BCUT2D eigenvalue weighted by Crippen LogP contribution is 2.23. The summed E-state index contributed by atoms with van der Waals surface area (Å²) in [5.41, 5.74) is 1.10. The third kappa shape index (κ3) is 3.94. The van der Waals surface area contributed by atoms with Gasteiger partial charge in [0.05, 0.1) is 4.92 Å². The summed E-state index contributed by atoms with van der Waals surface area (Å²) in [5, 5.41) is 17.1. The number of benzene rings is 1. The van der Waals surface area contributed by atoms with Gasteiger partial charge in [-0.05, 0) is 25.0 Å². The molecule has 24 heavy (non-hydrogen) atoms. The molecule has 2 aliphatic rings. The lowest BCUT2D eigenvalue weighted by atomic mass is 10.0. The first kappa shape index (κ1) is 16.5. The summed E-state index contributed by atoms with van der Waals surface area (Å²) in [4.78, 5) is 26.6. The maximum absolute atomic E-state index is 12.2. The molecule has 0 aliphatic carbocycles. The van der Waals surface area contributed by atoms with Gasteiger partial charge in [-0.3, -0.25) is 10.1 Å². The van der Waals surface area contributed by atoms with Gasteiger partial charge >= 0.3 is 6.03 Å². The number of hydrogen-bond donors (Lipinski definition) is 2. The second kappa shape index (κ2) is 7.48. The maximum atomic E-state index is 12.2. The lowest BCUT2D eigenvalue weighted by molar-refractivity contribution is -0.384. The number of carbonyl (C=O) groups excluding carboxylic acids is 1. The van der Waals surface area contributed by atoms with E-state index in [-0.39, 0.29) is 22.7 Å². The Morgan fingerprint density at radius 1 is 1.12 bits per heavy atom. The Labute approximate surface area is 141 Å². The van der Waals surface area contributed by atoms with E-state index in [0.29, 0.717) is 0 Å². The van der Waals surface area contributed by atoms with Crippen LogP contribution in [0.25, 0.3) is 0 Å². The number of nitro groups is 1. The summed E-state index contributed by atoms with van der Waals surface area (Å²) in [6, 6.07) is 6.88. The number of carbonyl (C=O) groups is 1. The summed E-state index contributed by atoms with van der Waals surface area (Å²) in [6.45, 7) is 4.90. The fourth-order valence-electron chi connectivity index (χ4n) is 3.20.